The van der Waals surface area contributed by atoms with Crippen LogP contribution in [0.5, 0.6) is 0 Å². The van der Waals surface area contributed by atoms with E-state index in [0.717, 1.165) is 24.2 Å². The largest absolute Gasteiger partial charge is 0.352 e. The van der Waals surface area contributed by atoms with E-state index in [1.54, 1.807) is 4.90 Å². The van der Waals surface area contributed by atoms with Gasteiger partial charge in [0, 0.05) is 39.1 Å². The molecule has 2 aliphatic heterocycles. The highest BCUT2D eigenvalue weighted by Crippen LogP contribution is 2.21. The third kappa shape index (κ3) is 4.49. The Morgan fingerprint density at radius 1 is 1.07 bits per heavy atom. The molecule has 0 radical (unpaired) electrons. The summed E-state index contributed by atoms with van der Waals surface area (Å²) in [6.07, 6.45) is 0.298. The molecule has 2 aromatic rings. The predicted molar refractivity (Wildman–Crippen MR) is 106 cm³/mol. The molecule has 0 saturated carbocycles. The van der Waals surface area contributed by atoms with E-state index in [2.05, 4.69) is 28.8 Å². The van der Waals surface area contributed by atoms with Crippen molar-refractivity contribution in [2.24, 2.45) is 5.92 Å². The van der Waals surface area contributed by atoms with Gasteiger partial charge in [-0.3, -0.25) is 9.59 Å². The van der Waals surface area contributed by atoms with Crippen LogP contribution in [0, 0.1) is 5.92 Å². The highest BCUT2D eigenvalue weighted by molar-refractivity contribution is 5.89. The van der Waals surface area contributed by atoms with Crippen LogP contribution in [-0.2, 0) is 35.8 Å². The third-order valence-electron chi connectivity index (χ3n) is 5.17. The van der Waals surface area contributed by atoms with Gasteiger partial charge >= 0.3 is 0 Å². The molecule has 1 atom stereocenters. The lowest BCUT2D eigenvalue weighted by Gasteiger charge is -2.16. The summed E-state index contributed by atoms with van der Waals surface area (Å²) in [5.41, 5.74) is 4.83. The average molecular weight is 386 g/mol. The van der Waals surface area contributed by atoms with Gasteiger partial charge in [-0.2, -0.15) is 0 Å². The minimum absolute atomic E-state index is 0. The minimum atomic E-state index is -0.262. The zero-order valence-electron chi connectivity index (χ0n) is 15.1. The summed E-state index contributed by atoms with van der Waals surface area (Å²) in [4.78, 5) is 26.5. The van der Waals surface area contributed by atoms with Crippen LogP contribution in [0.1, 0.15) is 28.7 Å². The Bertz CT molecular complexity index is 825. The zero-order valence-corrected chi connectivity index (χ0v) is 15.9. The second kappa shape index (κ2) is 8.55. The lowest BCUT2D eigenvalue weighted by molar-refractivity contribution is -0.129. The van der Waals surface area contributed by atoms with Crippen LogP contribution in [0.15, 0.2) is 48.5 Å². The molecule has 0 aromatic heterocycles. The van der Waals surface area contributed by atoms with Crippen molar-refractivity contribution in [3.63, 3.8) is 0 Å². The van der Waals surface area contributed by atoms with E-state index in [1.807, 2.05) is 30.3 Å². The van der Waals surface area contributed by atoms with E-state index in [-0.39, 0.29) is 30.1 Å². The first-order chi connectivity index (χ1) is 12.7. The Hall–Kier alpha value is -2.37. The van der Waals surface area contributed by atoms with Gasteiger partial charge in [0.1, 0.15) is 0 Å². The molecule has 2 N–H and O–H groups in total. The van der Waals surface area contributed by atoms with Crippen molar-refractivity contribution < 1.29 is 9.59 Å². The predicted octanol–water partition coefficient (Wildman–Crippen LogP) is 2.38. The van der Waals surface area contributed by atoms with Gasteiger partial charge in [-0.15, -0.1) is 12.4 Å². The van der Waals surface area contributed by atoms with Crippen LogP contribution in [0.4, 0.5) is 0 Å². The number of nitrogens with zero attached hydrogens (tertiary/aromatic N) is 1. The molecule has 2 heterocycles. The van der Waals surface area contributed by atoms with Crippen LogP contribution in [0.25, 0.3) is 0 Å². The molecule has 142 valence electrons. The standard InChI is InChI=1S/C21H23N3O2.ClH/c25-20-9-19(14-24(20)13-15-4-2-1-3-5-15)21(26)23-10-16-6-7-17-11-22-12-18(17)8-16;/h1-8,19,22H,9-14H2,(H,23,26);1H. The topological polar surface area (TPSA) is 61.4 Å². The van der Waals surface area contributed by atoms with Crippen molar-refractivity contribution in [2.75, 3.05) is 6.54 Å². The summed E-state index contributed by atoms with van der Waals surface area (Å²) in [7, 11) is 0. The SMILES string of the molecule is Cl.O=C(NCc1ccc2c(c1)CNC2)C1CC(=O)N(Cc2ccccc2)C1. The first-order valence-electron chi connectivity index (χ1n) is 9.10. The fourth-order valence-corrected chi connectivity index (χ4v) is 3.70. The molecule has 1 unspecified atom stereocenters. The molecule has 6 heteroatoms. The van der Waals surface area contributed by atoms with Gasteiger partial charge in [0.05, 0.1) is 5.92 Å². The van der Waals surface area contributed by atoms with Gasteiger partial charge in [-0.25, -0.2) is 0 Å². The van der Waals surface area contributed by atoms with Crippen molar-refractivity contribution >= 4 is 24.2 Å². The summed E-state index contributed by atoms with van der Waals surface area (Å²) in [5, 5.41) is 6.32. The highest BCUT2D eigenvalue weighted by Gasteiger charge is 2.34. The van der Waals surface area contributed by atoms with Crippen molar-refractivity contribution in [3.8, 4) is 0 Å². The fraction of sp³-hybridized carbons (Fsp3) is 0.333. The van der Waals surface area contributed by atoms with Gasteiger partial charge in [0.2, 0.25) is 11.8 Å². The number of amides is 2. The molecule has 5 nitrogen and oxygen atoms in total. The van der Waals surface area contributed by atoms with Gasteiger partial charge in [0.25, 0.3) is 0 Å². The van der Waals surface area contributed by atoms with Crippen molar-refractivity contribution in [2.45, 2.75) is 32.6 Å². The molecule has 2 aliphatic rings. The Kier molecular flexibility index (Phi) is 6.14. The second-order valence-corrected chi connectivity index (χ2v) is 7.09. The molecule has 4 rings (SSSR count). The maximum absolute atomic E-state index is 12.5. The van der Waals surface area contributed by atoms with Gasteiger partial charge in [-0.05, 0) is 22.3 Å². The summed E-state index contributed by atoms with van der Waals surface area (Å²) in [6.45, 7) is 3.39. The molecule has 0 spiro atoms. The van der Waals surface area contributed by atoms with Crippen LogP contribution >= 0.6 is 12.4 Å². The molecule has 0 bridgehead atoms. The monoisotopic (exact) mass is 385 g/mol. The number of carbonyl (C=O) groups excluding carboxylic acids is 2. The average Bonchev–Trinajstić information content (AvgIpc) is 3.27. The molecule has 2 amide bonds. The lowest BCUT2D eigenvalue weighted by atomic mass is 10.1. The second-order valence-electron chi connectivity index (χ2n) is 7.09. The van der Waals surface area contributed by atoms with E-state index >= 15 is 0 Å². The number of likely N-dealkylation sites (tertiary alicyclic amines) is 1. The van der Waals surface area contributed by atoms with E-state index < -0.39 is 0 Å². The van der Waals surface area contributed by atoms with Crippen LogP contribution in [0.2, 0.25) is 0 Å². The number of hydrogen-bond acceptors (Lipinski definition) is 3. The highest BCUT2D eigenvalue weighted by atomic mass is 35.5. The van der Waals surface area contributed by atoms with E-state index in [1.165, 1.54) is 11.1 Å². The van der Waals surface area contributed by atoms with Crippen molar-refractivity contribution in [1.82, 2.24) is 15.5 Å². The van der Waals surface area contributed by atoms with Gasteiger partial charge in [-0.1, -0.05) is 48.5 Å². The summed E-state index contributed by atoms with van der Waals surface area (Å²) in [5.74, 6) is -0.243. The minimum Gasteiger partial charge on any atom is -0.352 e. The number of carbonyl (C=O) groups is 2. The maximum Gasteiger partial charge on any atom is 0.225 e. The third-order valence-corrected chi connectivity index (χ3v) is 5.17. The smallest absolute Gasteiger partial charge is 0.225 e. The normalized spacial score (nSPS) is 18.1. The molecular weight excluding hydrogens is 362 g/mol. The zero-order chi connectivity index (χ0) is 17.9. The number of halogens is 1. The van der Waals surface area contributed by atoms with Crippen molar-refractivity contribution in [3.05, 3.63) is 70.8 Å². The summed E-state index contributed by atoms with van der Waals surface area (Å²) in [6, 6.07) is 16.2. The maximum atomic E-state index is 12.5. The number of rotatable bonds is 5. The number of nitrogens with one attached hydrogen (secondary N) is 2. The first kappa shape index (κ1) is 19.4. The summed E-state index contributed by atoms with van der Waals surface area (Å²) < 4.78 is 0. The fourth-order valence-electron chi connectivity index (χ4n) is 3.70. The number of fused-ring (bicyclic) bond motifs is 1. The number of benzene rings is 2. The van der Waals surface area contributed by atoms with E-state index in [4.69, 9.17) is 0 Å². The Morgan fingerprint density at radius 3 is 2.67 bits per heavy atom. The quantitative estimate of drug-likeness (QED) is 0.830. The Morgan fingerprint density at radius 2 is 1.85 bits per heavy atom. The Balaban J connectivity index is 0.00000210. The van der Waals surface area contributed by atoms with E-state index in [0.29, 0.717) is 26.1 Å². The summed E-state index contributed by atoms with van der Waals surface area (Å²) >= 11 is 0. The van der Waals surface area contributed by atoms with Crippen LogP contribution < -0.4 is 10.6 Å². The molecule has 2 aromatic carbocycles. The molecule has 0 aliphatic carbocycles. The molecule has 1 fully saturated rings. The lowest BCUT2D eigenvalue weighted by Crippen LogP contribution is -2.32. The Labute approximate surface area is 165 Å². The first-order valence-corrected chi connectivity index (χ1v) is 9.10. The van der Waals surface area contributed by atoms with Gasteiger partial charge < -0.3 is 15.5 Å². The van der Waals surface area contributed by atoms with E-state index in [9.17, 15) is 9.59 Å². The van der Waals surface area contributed by atoms with Crippen molar-refractivity contribution in [1.29, 1.82) is 0 Å². The van der Waals surface area contributed by atoms with Gasteiger partial charge in [0.15, 0.2) is 0 Å². The molecule has 27 heavy (non-hydrogen) atoms. The molecular formula is C21H24ClN3O2. The molecule has 1 saturated heterocycles. The van der Waals surface area contributed by atoms with Crippen LogP contribution in [0.3, 0.4) is 0 Å². The van der Waals surface area contributed by atoms with Crippen LogP contribution in [-0.4, -0.2) is 23.3 Å². The number of hydrogen-bond donors (Lipinski definition) is 2.